The molecule has 5 heteroatoms. The summed E-state index contributed by atoms with van der Waals surface area (Å²) in [5.41, 5.74) is 2.88. The molecule has 3 aromatic rings. The van der Waals surface area contributed by atoms with Gasteiger partial charge in [0.1, 0.15) is 5.57 Å². The van der Waals surface area contributed by atoms with E-state index in [0.717, 1.165) is 16.7 Å². The average molecular weight is 405 g/mol. The number of carbonyl (C=O) groups is 2. The van der Waals surface area contributed by atoms with Gasteiger partial charge in [0, 0.05) is 0 Å². The van der Waals surface area contributed by atoms with Crippen molar-refractivity contribution in [3.8, 4) is 0 Å². The minimum absolute atomic E-state index is 0.0916. The second-order valence-corrected chi connectivity index (χ2v) is 7.61. The topological polar surface area (TPSA) is 58.2 Å². The van der Waals surface area contributed by atoms with Gasteiger partial charge in [0.15, 0.2) is 0 Å². The zero-order valence-electron chi connectivity index (χ0n) is 16.5. The first kappa shape index (κ1) is 20.6. The van der Waals surface area contributed by atoms with E-state index >= 15 is 0 Å². The zero-order valence-corrected chi connectivity index (χ0v) is 17.3. The largest absolute Gasteiger partial charge is 0.345 e. The summed E-state index contributed by atoms with van der Waals surface area (Å²) in [4.78, 5) is 26.0. The van der Waals surface area contributed by atoms with Crippen molar-refractivity contribution in [2.24, 2.45) is 0 Å². The minimum atomic E-state index is -0.398. The SMILES string of the molecule is C[C@H](NC(=O)C(=Cc1ccsc1)C(=O)N[C@H](C)c1ccccc1)c1ccccc1. The molecule has 148 valence electrons. The fourth-order valence-corrected chi connectivity index (χ4v) is 3.57. The van der Waals surface area contributed by atoms with Gasteiger partial charge in [0.05, 0.1) is 12.1 Å². The normalized spacial score (nSPS) is 13.4. The van der Waals surface area contributed by atoms with Crippen LogP contribution in [0.1, 0.15) is 42.6 Å². The molecule has 2 aromatic carbocycles. The van der Waals surface area contributed by atoms with Crippen LogP contribution >= 0.6 is 11.3 Å². The molecule has 1 heterocycles. The second-order valence-electron chi connectivity index (χ2n) is 6.83. The zero-order chi connectivity index (χ0) is 20.6. The number of nitrogens with one attached hydrogen (secondary N) is 2. The van der Waals surface area contributed by atoms with Gasteiger partial charge in [-0.3, -0.25) is 9.59 Å². The summed E-state index contributed by atoms with van der Waals surface area (Å²) in [6.07, 6.45) is 1.64. The predicted molar refractivity (Wildman–Crippen MR) is 118 cm³/mol. The lowest BCUT2D eigenvalue weighted by Gasteiger charge is -2.18. The van der Waals surface area contributed by atoms with E-state index in [1.165, 1.54) is 11.3 Å². The van der Waals surface area contributed by atoms with Gasteiger partial charge >= 0.3 is 0 Å². The summed E-state index contributed by atoms with van der Waals surface area (Å²) >= 11 is 1.52. The Morgan fingerprint density at radius 3 is 1.69 bits per heavy atom. The summed E-state index contributed by atoms with van der Waals surface area (Å²) in [5.74, 6) is -0.796. The quantitative estimate of drug-likeness (QED) is 0.335. The van der Waals surface area contributed by atoms with Gasteiger partial charge in [-0.2, -0.15) is 11.3 Å². The molecule has 3 rings (SSSR count). The first-order valence-electron chi connectivity index (χ1n) is 9.50. The van der Waals surface area contributed by atoms with E-state index in [0.29, 0.717) is 0 Å². The summed E-state index contributed by atoms with van der Waals surface area (Å²) in [7, 11) is 0. The van der Waals surface area contributed by atoms with Gasteiger partial charge in [-0.05, 0) is 53.4 Å². The summed E-state index contributed by atoms with van der Waals surface area (Å²) in [6.45, 7) is 3.81. The summed E-state index contributed by atoms with van der Waals surface area (Å²) in [6, 6.07) is 20.8. The molecule has 0 bridgehead atoms. The van der Waals surface area contributed by atoms with Crippen LogP contribution < -0.4 is 10.6 Å². The highest BCUT2D eigenvalue weighted by molar-refractivity contribution is 7.08. The number of hydrogen-bond acceptors (Lipinski definition) is 3. The summed E-state index contributed by atoms with van der Waals surface area (Å²) in [5, 5.41) is 9.70. The highest BCUT2D eigenvalue weighted by atomic mass is 32.1. The third-order valence-corrected chi connectivity index (χ3v) is 5.34. The molecule has 0 fully saturated rings. The van der Waals surface area contributed by atoms with E-state index in [9.17, 15) is 9.59 Å². The maximum absolute atomic E-state index is 13.0. The smallest absolute Gasteiger partial charge is 0.257 e. The van der Waals surface area contributed by atoms with Crippen molar-refractivity contribution < 1.29 is 9.59 Å². The van der Waals surface area contributed by atoms with Gasteiger partial charge in [0.25, 0.3) is 11.8 Å². The van der Waals surface area contributed by atoms with Crippen LogP contribution in [0.3, 0.4) is 0 Å². The average Bonchev–Trinajstić information content (AvgIpc) is 3.26. The molecule has 2 N–H and O–H groups in total. The Bertz CT molecular complexity index is 905. The predicted octanol–water partition coefficient (Wildman–Crippen LogP) is 4.89. The molecule has 2 atom stereocenters. The maximum atomic E-state index is 13.0. The van der Waals surface area contributed by atoms with Crippen LogP contribution in [0, 0.1) is 0 Å². The highest BCUT2D eigenvalue weighted by Crippen LogP contribution is 2.17. The van der Waals surface area contributed by atoms with Crippen molar-refractivity contribution in [3.63, 3.8) is 0 Å². The lowest BCUT2D eigenvalue weighted by molar-refractivity contribution is -0.124. The third-order valence-electron chi connectivity index (χ3n) is 4.64. The van der Waals surface area contributed by atoms with Crippen LogP contribution in [0.2, 0.25) is 0 Å². The molecule has 0 saturated carbocycles. The fraction of sp³-hybridized carbons (Fsp3) is 0.167. The van der Waals surface area contributed by atoms with E-state index < -0.39 is 11.8 Å². The molecule has 0 radical (unpaired) electrons. The van der Waals surface area contributed by atoms with Crippen molar-refractivity contribution in [2.45, 2.75) is 25.9 Å². The lowest BCUT2D eigenvalue weighted by Crippen LogP contribution is -2.36. The van der Waals surface area contributed by atoms with Crippen LogP contribution in [0.15, 0.2) is 83.1 Å². The van der Waals surface area contributed by atoms with Gasteiger partial charge in [0.2, 0.25) is 0 Å². The van der Waals surface area contributed by atoms with Gasteiger partial charge in [-0.1, -0.05) is 60.7 Å². The van der Waals surface area contributed by atoms with Crippen LogP contribution in [0.5, 0.6) is 0 Å². The molecule has 0 aliphatic heterocycles. The molecular weight excluding hydrogens is 380 g/mol. The Kier molecular flexibility index (Phi) is 6.98. The number of benzene rings is 2. The monoisotopic (exact) mass is 404 g/mol. The highest BCUT2D eigenvalue weighted by Gasteiger charge is 2.22. The van der Waals surface area contributed by atoms with Crippen molar-refractivity contribution >= 4 is 29.2 Å². The molecule has 29 heavy (non-hydrogen) atoms. The lowest BCUT2D eigenvalue weighted by atomic mass is 10.1. The molecular formula is C24H24N2O2S. The van der Waals surface area contributed by atoms with Crippen molar-refractivity contribution in [2.75, 3.05) is 0 Å². The number of amides is 2. The van der Waals surface area contributed by atoms with E-state index in [1.54, 1.807) is 6.08 Å². The molecule has 1 aromatic heterocycles. The second kappa shape index (κ2) is 9.85. The van der Waals surface area contributed by atoms with Gasteiger partial charge in [-0.25, -0.2) is 0 Å². The maximum Gasteiger partial charge on any atom is 0.257 e. The Morgan fingerprint density at radius 2 is 1.28 bits per heavy atom. The molecule has 4 nitrogen and oxygen atoms in total. The molecule has 0 aliphatic rings. The third kappa shape index (κ3) is 5.65. The van der Waals surface area contributed by atoms with E-state index in [-0.39, 0.29) is 17.7 Å². The summed E-state index contributed by atoms with van der Waals surface area (Å²) < 4.78 is 0. The van der Waals surface area contributed by atoms with Crippen molar-refractivity contribution in [3.05, 3.63) is 99.8 Å². The molecule has 0 aliphatic carbocycles. The van der Waals surface area contributed by atoms with Crippen LogP contribution in [0.25, 0.3) is 6.08 Å². The van der Waals surface area contributed by atoms with Crippen LogP contribution in [-0.4, -0.2) is 11.8 Å². The number of hydrogen-bond donors (Lipinski definition) is 2. The van der Waals surface area contributed by atoms with Crippen molar-refractivity contribution in [1.29, 1.82) is 0 Å². The number of carbonyl (C=O) groups excluding carboxylic acids is 2. The van der Waals surface area contributed by atoms with Crippen LogP contribution in [0.4, 0.5) is 0 Å². The Balaban J connectivity index is 1.79. The standard InChI is InChI=1S/C24H24N2O2S/c1-17(20-9-5-3-6-10-20)25-23(27)22(15-19-13-14-29-16-19)24(28)26-18(2)21-11-7-4-8-12-21/h3-18H,1-2H3,(H,25,27)(H,26,28)/t17-,18+. The molecule has 0 unspecified atom stereocenters. The van der Waals surface area contributed by atoms with E-state index in [4.69, 9.17) is 0 Å². The Hall–Kier alpha value is -3.18. The number of thiophene rings is 1. The Morgan fingerprint density at radius 1 is 0.793 bits per heavy atom. The van der Waals surface area contributed by atoms with Crippen molar-refractivity contribution in [1.82, 2.24) is 10.6 Å². The Labute approximate surface area is 175 Å². The first-order chi connectivity index (χ1) is 14.0. The van der Waals surface area contributed by atoms with Gasteiger partial charge in [-0.15, -0.1) is 0 Å². The molecule has 0 spiro atoms. The van der Waals surface area contributed by atoms with E-state index in [2.05, 4.69) is 10.6 Å². The first-order valence-corrected chi connectivity index (χ1v) is 10.4. The minimum Gasteiger partial charge on any atom is -0.345 e. The van der Waals surface area contributed by atoms with E-state index in [1.807, 2.05) is 91.3 Å². The fourth-order valence-electron chi connectivity index (χ4n) is 2.96. The van der Waals surface area contributed by atoms with Gasteiger partial charge < -0.3 is 10.6 Å². The number of rotatable bonds is 7. The molecule has 2 amide bonds. The molecule has 0 saturated heterocycles. The van der Waals surface area contributed by atoms with Crippen LogP contribution in [-0.2, 0) is 9.59 Å².